The first-order valence-corrected chi connectivity index (χ1v) is 12.6. The molecular formula is C26H46N2O8. The van der Waals surface area contributed by atoms with Crippen LogP contribution in [0.4, 0.5) is 9.59 Å². The molecule has 2 saturated heterocycles. The molecule has 0 bridgehead atoms. The van der Waals surface area contributed by atoms with Gasteiger partial charge in [-0.25, -0.2) is 9.59 Å². The largest absolute Gasteiger partial charge is 0.469 e. The summed E-state index contributed by atoms with van der Waals surface area (Å²) in [7, 11) is 2.75. The third-order valence-electron chi connectivity index (χ3n) is 6.23. The number of carbonyl (C=O) groups excluding carboxylic acids is 4. The number of piperidine rings is 2. The molecule has 2 fully saturated rings. The third-order valence-corrected chi connectivity index (χ3v) is 6.23. The number of hydrogen-bond donors (Lipinski definition) is 0. The van der Waals surface area contributed by atoms with Crippen molar-refractivity contribution < 1.29 is 38.1 Å². The van der Waals surface area contributed by atoms with Crippen LogP contribution in [0.5, 0.6) is 0 Å². The number of amides is 2. The first-order chi connectivity index (χ1) is 16.5. The third kappa shape index (κ3) is 10.2. The first kappa shape index (κ1) is 31.5. The van der Waals surface area contributed by atoms with E-state index >= 15 is 0 Å². The van der Waals surface area contributed by atoms with Crippen LogP contribution >= 0.6 is 0 Å². The minimum atomic E-state index is -0.513. The molecule has 2 amide bonds. The topological polar surface area (TPSA) is 112 Å². The van der Waals surface area contributed by atoms with Crippen molar-refractivity contribution in [1.82, 2.24) is 9.80 Å². The minimum Gasteiger partial charge on any atom is -0.469 e. The zero-order chi connectivity index (χ0) is 27.8. The number of likely N-dealkylation sites (tertiary alicyclic amines) is 2. The van der Waals surface area contributed by atoms with Gasteiger partial charge in [-0.1, -0.05) is 13.8 Å². The highest BCUT2D eigenvalue weighted by molar-refractivity contribution is 5.76. The molecule has 208 valence electrons. The molecule has 10 heteroatoms. The molecule has 36 heavy (non-hydrogen) atoms. The predicted molar refractivity (Wildman–Crippen MR) is 134 cm³/mol. The highest BCUT2D eigenvalue weighted by Gasteiger charge is 2.37. The van der Waals surface area contributed by atoms with Gasteiger partial charge in [-0.05, 0) is 66.2 Å². The molecule has 0 N–H and O–H groups in total. The summed E-state index contributed by atoms with van der Waals surface area (Å²) in [6.07, 6.45) is 0.865. The normalized spacial score (nSPS) is 24.6. The second kappa shape index (κ2) is 13.1. The predicted octanol–water partition coefficient (Wildman–Crippen LogP) is 4.11. The molecular weight excluding hydrogens is 468 g/mol. The minimum absolute atomic E-state index is 0.233. The van der Waals surface area contributed by atoms with Gasteiger partial charge in [-0.3, -0.25) is 9.59 Å². The van der Waals surface area contributed by atoms with E-state index in [2.05, 4.69) is 0 Å². The summed E-state index contributed by atoms with van der Waals surface area (Å²) in [5.41, 5.74) is -1.03. The van der Waals surface area contributed by atoms with Gasteiger partial charge in [0.05, 0.1) is 26.1 Å². The van der Waals surface area contributed by atoms with E-state index in [0.29, 0.717) is 26.2 Å². The number of nitrogens with zero attached hydrogens (tertiary/aromatic N) is 2. The molecule has 2 aliphatic rings. The van der Waals surface area contributed by atoms with E-state index < -0.39 is 11.2 Å². The zero-order valence-electron chi connectivity index (χ0n) is 23.7. The fraction of sp³-hybridized carbons (Fsp3) is 0.846. The number of esters is 2. The van der Waals surface area contributed by atoms with Gasteiger partial charge in [0.25, 0.3) is 0 Å². The molecule has 2 aliphatic heterocycles. The van der Waals surface area contributed by atoms with Gasteiger partial charge in [-0.15, -0.1) is 0 Å². The van der Waals surface area contributed by atoms with Gasteiger partial charge in [0, 0.05) is 26.2 Å². The van der Waals surface area contributed by atoms with Crippen molar-refractivity contribution >= 4 is 24.1 Å². The molecule has 0 radical (unpaired) electrons. The van der Waals surface area contributed by atoms with Gasteiger partial charge in [0.1, 0.15) is 11.2 Å². The summed E-state index contributed by atoms with van der Waals surface area (Å²) in [5, 5.41) is 0. The maximum atomic E-state index is 11.9. The Balaban J connectivity index is 0.000000360. The highest BCUT2D eigenvalue weighted by Crippen LogP contribution is 2.26. The van der Waals surface area contributed by atoms with Gasteiger partial charge in [0.15, 0.2) is 0 Å². The Morgan fingerprint density at radius 2 is 0.944 bits per heavy atom. The van der Waals surface area contributed by atoms with Crippen molar-refractivity contribution in [3.63, 3.8) is 0 Å². The Hall–Kier alpha value is -2.52. The zero-order valence-corrected chi connectivity index (χ0v) is 23.7. The fourth-order valence-corrected chi connectivity index (χ4v) is 4.04. The molecule has 0 unspecified atom stereocenters. The van der Waals surface area contributed by atoms with E-state index in [1.165, 1.54) is 14.2 Å². The van der Waals surface area contributed by atoms with Gasteiger partial charge < -0.3 is 28.7 Å². The SMILES string of the molecule is COC(=O)[C@@H]1CN(C(=O)OC(C)(C)C)CC[C@@H]1C.COC(=O)[C@H]1CN(C(=O)OC(C)(C)C)CC[C@H]1C. The molecule has 2 heterocycles. The average molecular weight is 515 g/mol. The molecule has 0 aliphatic carbocycles. The standard InChI is InChI=1S/2C13H23NO4/c2*1-9-6-7-14(8-10(9)11(15)17-5)12(16)18-13(2,3)4/h2*9-10H,6-8H2,1-5H3/t2*9-,10+/m10/s1. The molecule has 0 spiro atoms. The Kier molecular flexibility index (Phi) is 11.5. The van der Waals surface area contributed by atoms with E-state index in [1.54, 1.807) is 9.80 Å². The van der Waals surface area contributed by atoms with E-state index in [9.17, 15) is 19.2 Å². The Morgan fingerprint density at radius 3 is 1.19 bits per heavy atom. The van der Waals surface area contributed by atoms with E-state index in [0.717, 1.165) is 12.8 Å². The summed E-state index contributed by atoms with van der Waals surface area (Å²) < 4.78 is 20.2. The van der Waals surface area contributed by atoms with Gasteiger partial charge in [0.2, 0.25) is 0 Å². The Morgan fingerprint density at radius 1 is 0.639 bits per heavy atom. The summed E-state index contributed by atoms with van der Waals surface area (Å²) in [5.74, 6) is -0.550. The van der Waals surface area contributed by atoms with Crippen molar-refractivity contribution in [3.8, 4) is 0 Å². The smallest absolute Gasteiger partial charge is 0.410 e. The van der Waals surface area contributed by atoms with Crippen LogP contribution in [0.1, 0.15) is 68.2 Å². The van der Waals surface area contributed by atoms with Crippen molar-refractivity contribution in [2.24, 2.45) is 23.7 Å². The second-order valence-electron chi connectivity index (χ2n) is 11.6. The van der Waals surface area contributed by atoms with Crippen LogP contribution in [0.15, 0.2) is 0 Å². The lowest BCUT2D eigenvalue weighted by Gasteiger charge is -2.36. The number of carbonyl (C=O) groups is 4. The van der Waals surface area contributed by atoms with Crippen LogP contribution in [-0.4, -0.2) is 85.5 Å². The molecule has 0 aromatic heterocycles. The van der Waals surface area contributed by atoms with Gasteiger partial charge >= 0.3 is 24.1 Å². The monoisotopic (exact) mass is 514 g/mol. The molecule has 0 saturated carbocycles. The Bertz CT molecular complexity index is 707. The van der Waals surface area contributed by atoms with Crippen LogP contribution < -0.4 is 0 Å². The maximum absolute atomic E-state index is 11.9. The number of hydrogen-bond acceptors (Lipinski definition) is 8. The van der Waals surface area contributed by atoms with E-state index in [4.69, 9.17) is 18.9 Å². The lowest BCUT2D eigenvalue weighted by atomic mass is 9.87. The quantitative estimate of drug-likeness (QED) is 0.400. The van der Waals surface area contributed by atoms with Crippen LogP contribution in [0, 0.1) is 23.7 Å². The summed E-state index contributed by atoms with van der Waals surface area (Å²) >= 11 is 0. The molecule has 2 rings (SSSR count). The van der Waals surface area contributed by atoms with Crippen LogP contribution in [-0.2, 0) is 28.5 Å². The average Bonchev–Trinajstić information content (AvgIpc) is 2.76. The summed E-state index contributed by atoms with van der Waals surface area (Å²) in [6.45, 7) is 17.0. The van der Waals surface area contributed by atoms with E-state index in [1.807, 2.05) is 55.4 Å². The van der Waals surface area contributed by atoms with Crippen molar-refractivity contribution in [3.05, 3.63) is 0 Å². The lowest BCUT2D eigenvalue weighted by molar-refractivity contribution is -0.150. The first-order valence-electron chi connectivity index (χ1n) is 12.6. The van der Waals surface area contributed by atoms with Gasteiger partial charge in [-0.2, -0.15) is 0 Å². The van der Waals surface area contributed by atoms with E-state index in [-0.39, 0.29) is 47.8 Å². The number of methoxy groups -OCH3 is 2. The van der Waals surface area contributed by atoms with Crippen molar-refractivity contribution in [2.75, 3.05) is 40.4 Å². The molecule has 10 nitrogen and oxygen atoms in total. The summed E-state index contributed by atoms with van der Waals surface area (Å²) in [4.78, 5) is 50.3. The maximum Gasteiger partial charge on any atom is 0.410 e. The second-order valence-corrected chi connectivity index (χ2v) is 11.6. The summed E-state index contributed by atoms with van der Waals surface area (Å²) in [6, 6.07) is 0. The number of ether oxygens (including phenoxy) is 4. The Labute approximate surface area is 215 Å². The lowest BCUT2D eigenvalue weighted by Crippen LogP contribution is -2.47. The highest BCUT2D eigenvalue weighted by atomic mass is 16.6. The molecule has 4 atom stereocenters. The number of rotatable bonds is 2. The van der Waals surface area contributed by atoms with Crippen LogP contribution in [0.3, 0.4) is 0 Å². The fourth-order valence-electron chi connectivity index (χ4n) is 4.04. The molecule has 0 aromatic rings. The van der Waals surface area contributed by atoms with Crippen molar-refractivity contribution in [2.45, 2.75) is 79.4 Å². The van der Waals surface area contributed by atoms with Crippen LogP contribution in [0.25, 0.3) is 0 Å². The van der Waals surface area contributed by atoms with Crippen molar-refractivity contribution in [1.29, 1.82) is 0 Å². The molecule has 0 aromatic carbocycles. The van der Waals surface area contributed by atoms with Crippen LogP contribution in [0.2, 0.25) is 0 Å².